The number of rotatable bonds is 2. The molecular formula is C8H17N. The molecule has 0 bridgehead atoms. The van der Waals surface area contributed by atoms with Crippen molar-refractivity contribution in [3.63, 3.8) is 0 Å². The van der Waals surface area contributed by atoms with Crippen molar-refractivity contribution >= 4 is 0 Å². The van der Waals surface area contributed by atoms with E-state index in [1.54, 1.807) is 0 Å². The molecule has 1 heterocycles. The molecule has 0 aliphatic carbocycles. The van der Waals surface area contributed by atoms with Crippen LogP contribution in [0.5, 0.6) is 0 Å². The van der Waals surface area contributed by atoms with E-state index < -0.39 is 0 Å². The third kappa shape index (κ3) is 2.35. The van der Waals surface area contributed by atoms with Gasteiger partial charge in [-0.2, -0.15) is 0 Å². The zero-order valence-electron chi connectivity index (χ0n) is 6.48. The van der Waals surface area contributed by atoms with Gasteiger partial charge in [0.25, 0.3) is 0 Å². The molecule has 54 valence electrons. The summed E-state index contributed by atoms with van der Waals surface area (Å²) >= 11 is 0. The maximum Gasteiger partial charge on any atom is 0.00699 e. The molecule has 0 aromatic heterocycles. The van der Waals surface area contributed by atoms with Gasteiger partial charge in [0.05, 0.1) is 0 Å². The molecule has 0 saturated carbocycles. The number of hydrogen-bond donors (Lipinski definition) is 1. The van der Waals surface area contributed by atoms with E-state index in [2.05, 4.69) is 19.2 Å². The molecule has 1 rings (SSSR count). The fourth-order valence-corrected chi connectivity index (χ4v) is 1.53. The van der Waals surface area contributed by atoms with Crippen molar-refractivity contribution < 1.29 is 0 Å². The number of hydrogen-bond acceptors (Lipinski definition) is 1. The second kappa shape index (κ2) is 3.21. The average molecular weight is 127 g/mol. The minimum atomic E-state index is 0.838. The lowest BCUT2D eigenvalue weighted by Gasteiger charge is -2.11. The summed E-state index contributed by atoms with van der Waals surface area (Å²) in [6, 6.07) is 0.838. The van der Waals surface area contributed by atoms with E-state index in [9.17, 15) is 0 Å². The van der Waals surface area contributed by atoms with Gasteiger partial charge in [-0.25, -0.2) is 0 Å². The normalized spacial score (nSPS) is 27.7. The summed E-state index contributed by atoms with van der Waals surface area (Å²) in [6.07, 6.45) is 4.15. The summed E-state index contributed by atoms with van der Waals surface area (Å²) in [4.78, 5) is 0. The molecule has 0 amide bonds. The maximum atomic E-state index is 3.49. The molecule has 1 N–H and O–H groups in total. The second-order valence-corrected chi connectivity index (χ2v) is 3.42. The lowest BCUT2D eigenvalue weighted by molar-refractivity contribution is 0.464. The smallest absolute Gasteiger partial charge is 0.00699 e. The van der Waals surface area contributed by atoms with Crippen molar-refractivity contribution in [2.45, 2.75) is 39.2 Å². The predicted octanol–water partition coefficient (Wildman–Crippen LogP) is 1.78. The quantitative estimate of drug-likeness (QED) is 0.596. The fourth-order valence-electron chi connectivity index (χ4n) is 1.53. The molecule has 1 heteroatoms. The predicted molar refractivity (Wildman–Crippen MR) is 40.5 cm³/mol. The first-order chi connectivity index (χ1) is 4.29. The first-order valence-corrected chi connectivity index (χ1v) is 4.02. The Bertz CT molecular complexity index is 72.6. The lowest BCUT2D eigenvalue weighted by atomic mass is 10.0. The van der Waals surface area contributed by atoms with Crippen LogP contribution in [0, 0.1) is 5.92 Å². The Morgan fingerprint density at radius 1 is 1.56 bits per heavy atom. The Labute approximate surface area is 57.8 Å². The molecule has 9 heavy (non-hydrogen) atoms. The molecule has 0 aromatic rings. The third-order valence-corrected chi connectivity index (χ3v) is 1.92. The molecule has 1 saturated heterocycles. The van der Waals surface area contributed by atoms with Crippen molar-refractivity contribution in [2.75, 3.05) is 6.54 Å². The van der Waals surface area contributed by atoms with Crippen LogP contribution < -0.4 is 5.32 Å². The Kier molecular flexibility index (Phi) is 2.52. The van der Waals surface area contributed by atoms with Crippen LogP contribution in [0.15, 0.2) is 0 Å². The standard InChI is InChI=1S/C8H17N/c1-7(2)6-8-4-3-5-9-8/h7-9H,3-6H2,1-2H3. The minimum Gasteiger partial charge on any atom is -0.314 e. The van der Waals surface area contributed by atoms with E-state index in [0.717, 1.165) is 12.0 Å². The van der Waals surface area contributed by atoms with E-state index in [0.29, 0.717) is 0 Å². The van der Waals surface area contributed by atoms with Crippen LogP contribution in [0.3, 0.4) is 0 Å². The molecule has 1 aliphatic rings. The van der Waals surface area contributed by atoms with Crippen LogP contribution in [0.2, 0.25) is 0 Å². The van der Waals surface area contributed by atoms with Crippen molar-refractivity contribution in [1.82, 2.24) is 5.32 Å². The van der Waals surface area contributed by atoms with E-state index in [-0.39, 0.29) is 0 Å². The summed E-state index contributed by atoms with van der Waals surface area (Å²) in [5, 5.41) is 3.49. The van der Waals surface area contributed by atoms with E-state index in [1.807, 2.05) is 0 Å². The van der Waals surface area contributed by atoms with Crippen LogP contribution in [0.25, 0.3) is 0 Å². The Balaban J connectivity index is 2.11. The Hall–Kier alpha value is -0.0400. The summed E-state index contributed by atoms with van der Waals surface area (Å²) in [7, 11) is 0. The Morgan fingerprint density at radius 2 is 2.33 bits per heavy atom. The van der Waals surface area contributed by atoms with Gasteiger partial charge >= 0.3 is 0 Å². The monoisotopic (exact) mass is 127 g/mol. The molecule has 1 aliphatic heterocycles. The van der Waals surface area contributed by atoms with Gasteiger partial charge < -0.3 is 5.32 Å². The van der Waals surface area contributed by atoms with Crippen molar-refractivity contribution in [3.05, 3.63) is 0 Å². The zero-order valence-corrected chi connectivity index (χ0v) is 6.48. The van der Waals surface area contributed by atoms with Crippen molar-refractivity contribution in [2.24, 2.45) is 5.92 Å². The highest BCUT2D eigenvalue weighted by Gasteiger charge is 2.14. The highest BCUT2D eigenvalue weighted by molar-refractivity contribution is 4.74. The highest BCUT2D eigenvalue weighted by atomic mass is 14.9. The highest BCUT2D eigenvalue weighted by Crippen LogP contribution is 2.13. The van der Waals surface area contributed by atoms with Gasteiger partial charge in [0.1, 0.15) is 0 Å². The molecular weight excluding hydrogens is 110 g/mol. The first-order valence-electron chi connectivity index (χ1n) is 4.02. The summed E-state index contributed by atoms with van der Waals surface area (Å²) in [5.74, 6) is 0.862. The van der Waals surface area contributed by atoms with Gasteiger partial charge in [0.15, 0.2) is 0 Å². The fraction of sp³-hybridized carbons (Fsp3) is 1.00. The van der Waals surface area contributed by atoms with Crippen LogP contribution in [0.4, 0.5) is 0 Å². The van der Waals surface area contributed by atoms with Crippen molar-refractivity contribution in [3.8, 4) is 0 Å². The molecule has 0 spiro atoms. The second-order valence-electron chi connectivity index (χ2n) is 3.42. The molecule has 1 fully saturated rings. The summed E-state index contributed by atoms with van der Waals surface area (Å²) in [6.45, 7) is 5.83. The van der Waals surface area contributed by atoms with E-state index >= 15 is 0 Å². The van der Waals surface area contributed by atoms with Crippen molar-refractivity contribution in [1.29, 1.82) is 0 Å². The molecule has 1 nitrogen and oxygen atoms in total. The van der Waals surface area contributed by atoms with Crippen LogP contribution >= 0.6 is 0 Å². The summed E-state index contributed by atoms with van der Waals surface area (Å²) < 4.78 is 0. The summed E-state index contributed by atoms with van der Waals surface area (Å²) in [5.41, 5.74) is 0. The van der Waals surface area contributed by atoms with E-state index in [1.165, 1.54) is 25.8 Å². The van der Waals surface area contributed by atoms with Gasteiger partial charge in [-0.05, 0) is 31.7 Å². The van der Waals surface area contributed by atoms with Crippen LogP contribution in [0.1, 0.15) is 33.1 Å². The topological polar surface area (TPSA) is 12.0 Å². The van der Waals surface area contributed by atoms with Gasteiger partial charge in [0.2, 0.25) is 0 Å². The molecule has 0 aromatic carbocycles. The Morgan fingerprint density at radius 3 is 2.78 bits per heavy atom. The number of nitrogens with one attached hydrogen (secondary N) is 1. The van der Waals surface area contributed by atoms with Gasteiger partial charge in [-0.1, -0.05) is 13.8 Å². The molecule has 0 radical (unpaired) electrons. The SMILES string of the molecule is CC(C)CC1CCCN1. The molecule has 1 unspecified atom stereocenters. The van der Waals surface area contributed by atoms with Gasteiger partial charge in [-0.15, -0.1) is 0 Å². The maximum absolute atomic E-state index is 3.49. The van der Waals surface area contributed by atoms with E-state index in [4.69, 9.17) is 0 Å². The van der Waals surface area contributed by atoms with Gasteiger partial charge in [-0.3, -0.25) is 0 Å². The van der Waals surface area contributed by atoms with Crippen LogP contribution in [-0.4, -0.2) is 12.6 Å². The first kappa shape index (κ1) is 7.07. The molecule has 1 atom stereocenters. The largest absolute Gasteiger partial charge is 0.314 e. The van der Waals surface area contributed by atoms with Gasteiger partial charge in [0, 0.05) is 6.04 Å². The zero-order chi connectivity index (χ0) is 6.69. The average Bonchev–Trinajstić information content (AvgIpc) is 2.15. The minimum absolute atomic E-state index is 0.838. The van der Waals surface area contributed by atoms with Crippen LogP contribution in [-0.2, 0) is 0 Å². The lowest BCUT2D eigenvalue weighted by Crippen LogP contribution is -2.22. The third-order valence-electron chi connectivity index (χ3n) is 1.92.